The number of aryl methyl sites for hydroxylation is 2. The van der Waals surface area contributed by atoms with Gasteiger partial charge in [-0.05, 0) is 80.4 Å². The molecule has 4 aromatic carbocycles. The Labute approximate surface area is 187 Å². The van der Waals surface area contributed by atoms with Gasteiger partial charge in [-0.25, -0.2) is 0 Å². The second kappa shape index (κ2) is 8.55. The molecule has 0 radical (unpaired) electrons. The molecule has 0 saturated heterocycles. The van der Waals surface area contributed by atoms with Crippen LogP contribution in [0.2, 0.25) is 0 Å². The average Bonchev–Trinajstić information content (AvgIpc) is 2.77. The molecule has 0 saturated carbocycles. The number of nitrogens with zero attached hydrogens (tertiary/aromatic N) is 1. The van der Waals surface area contributed by atoms with Crippen LogP contribution in [0.4, 0.5) is 17.1 Å². The minimum Gasteiger partial charge on any atom is -0.508 e. The van der Waals surface area contributed by atoms with Crippen molar-refractivity contribution in [3.05, 3.63) is 95.6 Å². The lowest BCUT2D eigenvalue weighted by atomic mass is 10.1. The minimum absolute atomic E-state index is 0.160. The Morgan fingerprint density at radius 1 is 0.656 bits per heavy atom. The number of phenols is 3. The number of hydrogen-bond donors (Lipinski definition) is 3. The molecule has 5 heteroatoms. The molecule has 3 N–H and O–H groups in total. The molecule has 0 aliphatic carbocycles. The van der Waals surface area contributed by atoms with Gasteiger partial charge >= 0.3 is 0 Å². The topological polar surface area (TPSA) is 73.2 Å². The fourth-order valence-electron chi connectivity index (χ4n) is 3.59. The molecule has 32 heavy (non-hydrogen) atoms. The molecule has 0 heterocycles. The van der Waals surface area contributed by atoms with Crippen LogP contribution in [0, 0.1) is 20.8 Å². The molecule has 0 fully saturated rings. The normalized spacial score (nSPS) is 10.7. The Hall–Kier alpha value is -4.12. The number of aromatic hydroxyl groups is 3. The zero-order chi connectivity index (χ0) is 22.8. The molecule has 5 nitrogen and oxygen atoms in total. The van der Waals surface area contributed by atoms with E-state index in [1.807, 2.05) is 61.2 Å². The van der Waals surface area contributed by atoms with Gasteiger partial charge in [0.05, 0.1) is 11.4 Å². The van der Waals surface area contributed by atoms with Crippen LogP contribution < -0.4 is 9.64 Å². The van der Waals surface area contributed by atoms with E-state index in [2.05, 4.69) is 0 Å². The molecule has 0 aliphatic rings. The van der Waals surface area contributed by atoms with E-state index >= 15 is 0 Å². The first-order valence-electron chi connectivity index (χ1n) is 10.3. The number of hydrogen-bond acceptors (Lipinski definition) is 5. The highest BCUT2D eigenvalue weighted by molar-refractivity contribution is 5.81. The summed E-state index contributed by atoms with van der Waals surface area (Å²) in [7, 11) is 0. The van der Waals surface area contributed by atoms with Crippen molar-refractivity contribution in [1.82, 2.24) is 0 Å². The molecule has 0 spiro atoms. The van der Waals surface area contributed by atoms with Crippen LogP contribution in [0.1, 0.15) is 16.7 Å². The van der Waals surface area contributed by atoms with Gasteiger partial charge in [0.15, 0.2) is 0 Å². The number of benzene rings is 4. The standard InChI is InChI=1S/C27H25NO4/c1-17-7-11-21(29)15-24(17)28(25-16-22(30)12-8-18(25)2)20-9-13-23(14-10-20)32-27-6-4-5-26(31)19(27)3/h4-16,29-31H,1-3H3. The highest BCUT2D eigenvalue weighted by Crippen LogP contribution is 2.41. The van der Waals surface area contributed by atoms with Gasteiger partial charge in [0.2, 0.25) is 0 Å². The molecule has 0 bridgehead atoms. The van der Waals surface area contributed by atoms with Crippen molar-refractivity contribution in [2.75, 3.05) is 4.90 Å². The Bertz CT molecular complexity index is 1210. The third-order valence-electron chi connectivity index (χ3n) is 5.45. The first-order chi connectivity index (χ1) is 15.3. The van der Waals surface area contributed by atoms with Crippen LogP contribution in [0.3, 0.4) is 0 Å². The van der Waals surface area contributed by atoms with Crippen molar-refractivity contribution in [1.29, 1.82) is 0 Å². The summed E-state index contributed by atoms with van der Waals surface area (Å²) in [6, 6.07) is 23.1. The predicted molar refractivity (Wildman–Crippen MR) is 127 cm³/mol. The summed E-state index contributed by atoms with van der Waals surface area (Å²) < 4.78 is 5.96. The van der Waals surface area contributed by atoms with Gasteiger partial charge in [0.25, 0.3) is 0 Å². The third kappa shape index (κ3) is 4.18. The monoisotopic (exact) mass is 427 g/mol. The van der Waals surface area contributed by atoms with Crippen LogP contribution in [0.5, 0.6) is 28.7 Å². The SMILES string of the molecule is Cc1ccc(O)cc1N(c1ccc(Oc2cccc(O)c2C)cc1)c1cc(O)ccc1C. The molecular weight excluding hydrogens is 402 g/mol. The molecule has 0 aromatic heterocycles. The smallest absolute Gasteiger partial charge is 0.134 e. The summed E-state index contributed by atoms with van der Waals surface area (Å²) in [4.78, 5) is 1.99. The summed E-state index contributed by atoms with van der Waals surface area (Å²) in [6.45, 7) is 5.75. The molecule has 0 atom stereocenters. The van der Waals surface area contributed by atoms with Crippen molar-refractivity contribution >= 4 is 17.1 Å². The first-order valence-corrected chi connectivity index (χ1v) is 10.3. The quantitative estimate of drug-likeness (QED) is 0.320. The molecule has 0 amide bonds. The van der Waals surface area contributed by atoms with Crippen LogP contribution in [-0.4, -0.2) is 15.3 Å². The van der Waals surface area contributed by atoms with E-state index in [4.69, 9.17) is 4.74 Å². The van der Waals surface area contributed by atoms with Crippen molar-refractivity contribution in [3.8, 4) is 28.7 Å². The van der Waals surface area contributed by atoms with Gasteiger partial charge in [0.1, 0.15) is 28.7 Å². The van der Waals surface area contributed by atoms with Gasteiger partial charge in [-0.15, -0.1) is 0 Å². The van der Waals surface area contributed by atoms with Crippen molar-refractivity contribution in [2.24, 2.45) is 0 Å². The van der Waals surface area contributed by atoms with Crippen molar-refractivity contribution in [2.45, 2.75) is 20.8 Å². The zero-order valence-electron chi connectivity index (χ0n) is 18.2. The van der Waals surface area contributed by atoms with Gasteiger partial charge in [-0.3, -0.25) is 0 Å². The molecule has 4 rings (SSSR count). The van der Waals surface area contributed by atoms with E-state index in [1.54, 1.807) is 43.3 Å². The lowest BCUT2D eigenvalue weighted by molar-refractivity contribution is 0.448. The summed E-state index contributed by atoms with van der Waals surface area (Å²) in [5, 5.41) is 30.2. The van der Waals surface area contributed by atoms with Crippen molar-refractivity contribution < 1.29 is 20.1 Å². The fourth-order valence-corrected chi connectivity index (χ4v) is 3.59. The summed E-state index contributed by atoms with van der Waals surface area (Å²) in [6.07, 6.45) is 0. The van der Waals surface area contributed by atoms with Gasteiger partial charge in [0, 0.05) is 23.4 Å². The van der Waals surface area contributed by atoms with Gasteiger partial charge in [-0.2, -0.15) is 0 Å². The number of anilines is 3. The predicted octanol–water partition coefficient (Wildman–Crippen LogP) is 6.99. The van der Waals surface area contributed by atoms with Gasteiger partial charge < -0.3 is 25.0 Å². The lowest BCUT2D eigenvalue weighted by Gasteiger charge is -2.28. The van der Waals surface area contributed by atoms with Crippen LogP contribution in [0.15, 0.2) is 78.9 Å². The summed E-state index contributed by atoms with van der Waals surface area (Å²) in [5.74, 6) is 1.72. The van der Waals surface area contributed by atoms with E-state index in [0.717, 1.165) is 28.2 Å². The number of ether oxygens (including phenoxy) is 1. The van der Waals surface area contributed by atoms with E-state index in [9.17, 15) is 15.3 Å². The summed E-state index contributed by atoms with van der Waals surface area (Å²) >= 11 is 0. The Morgan fingerprint density at radius 2 is 1.22 bits per heavy atom. The Balaban J connectivity index is 1.77. The fraction of sp³-hybridized carbons (Fsp3) is 0.111. The third-order valence-corrected chi connectivity index (χ3v) is 5.45. The van der Waals surface area contributed by atoms with E-state index in [1.165, 1.54) is 0 Å². The maximum atomic E-state index is 10.1. The Kier molecular flexibility index (Phi) is 5.65. The molecular formula is C27H25NO4. The van der Waals surface area contributed by atoms with Crippen LogP contribution in [-0.2, 0) is 0 Å². The molecule has 0 aliphatic heterocycles. The maximum Gasteiger partial charge on any atom is 0.134 e. The van der Waals surface area contributed by atoms with Crippen LogP contribution >= 0.6 is 0 Å². The van der Waals surface area contributed by atoms with E-state index in [0.29, 0.717) is 17.1 Å². The van der Waals surface area contributed by atoms with Crippen molar-refractivity contribution in [3.63, 3.8) is 0 Å². The largest absolute Gasteiger partial charge is 0.508 e. The average molecular weight is 428 g/mol. The first kappa shape index (κ1) is 21.1. The maximum absolute atomic E-state index is 10.1. The molecule has 0 unspecified atom stereocenters. The molecule has 162 valence electrons. The molecule has 4 aromatic rings. The van der Waals surface area contributed by atoms with E-state index in [-0.39, 0.29) is 17.2 Å². The second-order valence-corrected chi connectivity index (χ2v) is 7.77. The lowest BCUT2D eigenvalue weighted by Crippen LogP contribution is -2.12. The van der Waals surface area contributed by atoms with Gasteiger partial charge in [-0.1, -0.05) is 18.2 Å². The Morgan fingerprint density at radius 3 is 1.78 bits per heavy atom. The zero-order valence-corrected chi connectivity index (χ0v) is 18.2. The second-order valence-electron chi connectivity index (χ2n) is 7.77. The highest BCUT2D eigenvalue weighted by atomic mass is 16.5. The number of phenolic OH excluding ortho intramolecular Hbond substituents is 3. The minimum atomic E-state index is 0.160. The van der Waals surface area contributed by atoms with E-state index < -0.39 is 0 Å². The number of rotatable bonds is 5. The highest BCUT2D eigenvalue weighted by Gasteiger charge is 2.18. The summed E-state index contributed by atoms with van der Waals surface area (Å²) in [5.41, 5.74) is 5.06. The van der Waals surface area contributed by atoms with Crippen LogP contribution in [0.25, 0.3) is 0 Å².